The molecule has 0 saturated heterocycles. The monoisotopic (exact) mass is 746 g/mol. The summed E-state index contributed by atoms with van der Waals surface area (Å²) < 4.78 is 1.13. The summed E-state index contributed by atoms with van der Waals surface area (Å²) in [5, 5.41) is 28.3. The highest BCUT2D eigenvalue weighted by Gasteiger charge is 2.21. The van der Waals surface area contributed by atoms with Gasteiger partial charge in [-0.15, -0.1) is 5.11 Å². The van der Waals surface area contributed by atoms with Gasteiger partial charge in [0.2, 0.25) is 5.91 Å². The maximum absolute atomic E-state index is 13.7. The largest absolute Gasteiger partial charge is 0.508 e. The number of hydrogen-bond acceptors (Lipinski definition) is 6. The molecule has 0 radical (unpaired) electrons. The number of halogens is 4. The smallest absolute Gasteiger partial charge is 0.301 e. The Labute approximate surface area is 307 Å². The number of rotatable bonds is 18. The zero-order valence-corrected chi connectivity index (χ0v) is 30.7. The van der Waals surface area contributed by atoms with Crippen LogP contribution in [0.15, 0.2) is 63.6 Å². The first-order valence-electron chi connectivity index (χ1n) is 16.6. The predicted molar refractivity (Wildman–Crippen MR) is 203 cm³/mol. The summed E-state index contributed by atoms with van der Waals surface area (Å²) in [5.74, 6) is 0.157. The predicted octanol–water partition coefficient (Wildman–Crippen LogP) is 12.6. The van der Waals surface area contributed by atoms with E-state index in [1.807, 2.05) is 0 Å². The average Bonchev–Trinajstić information content (AvgIpc) is 3.35. The fraction of sp³-hybridized carbons (Fsp3) is 0.389. The molecule has 1 aromatic heterocycles. The van der Waals surface area contributed by atoms with Gasteiger partial charge in [0.05, 0.1) is 26.4 Å². The molecule has 0 bridgehead atoms. The molecular weight excluding hydrogens is 706 g/mol. The fourth-order valence-electron chi connectivity index (χ4n) is 5.33. The number of hydrogen-bond donors (Lipinski definition) is 4. The molecule has 4 aromatic rings. The van der Waals surface area contributed by atoms with Gasteiger partial charge in [0, 0.05) is 17.1 Å². The molecule has 0 saturated carbocycles. The van der Waals surface area contributed by atoms with Gasteiger partial charge in [-0.05, 0) is 67.4 Å². The number of aromatic nitrogens is 2. The molecule has 0 aliphatic heterocycles. The minimum Gasteiger partial charge on any atom is -0.508 e. The van der Waals surface area contributed by atoms with Crippen molar-refractivity contribution in [2.24, 2.45) is 10.2 Å². The van der Waals surface area contributed by atoms with Crippen molar-refractivity contribution >= 4 is 80.9 Å². The maximum atomic E-state index is 13.7. The number of carbonyl (C=O) groups excluding carboxylic acids is 1. The van der Waals surface area contributed by atoms with Crippen LogP contribution in [0.2, 0.25) is 20.1 Å². The second-order valence-electron chi connectivity index (χ2n) is 12.0. The lowest BCUT2D eigenvalue weighted by Gasteiger charge is -2.11. The van der Waals surface area contributed by atoms with Crippen LogP contribution in [-0.4, -0.2) is 20.8 Å². The number of aryl methyl sites for hydroxylation is 1. The Bertz CT molecular complexity index is 1800. The highest BCUT2D eigenvalue weighted by Crippen LogP contribution is 2.36. The number of benzene rings is 3. The number of nitrogens with zero attached hydrogens (tertiary/aromatic N) is 3. The SMILES string of the molecule is CCCCCCCCCCCCCC(=O)Nc1ccc(Cl)c(Nc2[nH]n(-c3c(Cl)cc(Cl)cc3Cl)c(=O)c2/N=N/c2ccc(O)c(C)c2)c1. The number of amides is 1. The van der Waals surface area contributed by atoms with Gasteiger partial charge >= 0.3 is 5.56 Å². The van der Waals surface area contributed by atoms with E-state index in [2.05, 4.69) is 32.9 Å². The third-order valence-electron chi connectivity index (χ3n) is 8.03. The number of H-pyrrole nitrogens is 1. The number of aromatic amines is 1. The van der Waals surface area contributed by atoms with Crippen molar-refractivity contribution < 1.29 is 9.90 Å². The van der Waals surface area contributed by atoms with Gasteiger partial charge in [0.15, 0.2) is 11.5 Å². The van der Waals surface area contributed by atoms with E-state index >= 15 is 0 Å². The molecule has 4 rings (SSSR count). The van der Waals surface area contributed by atoms with Crippen LogP contribution in [0.5, 0.6) is 5.75 Å². The normalized spacial score (nSPS) is 11.4. The van der Waals surface area contributed by atoms with Crippen LogP contribution in [0.4, 0.5) is 28.6 Å². The van der Waals surface area contributed by atoms with Crippen LogP contribution in [0, 0.1) is 6.92 Å². The number of nitrogens with one attached hydrogen (secondary N) is 3. The first-order valence-corrected chi connectivity index (χ1v) is 18.2. The van der Waals surface area contributed by atoms with E-state index in [9.17, 15) is 14.7 Å². The molecule has 0 aliphatic carbocycles. The Morgan fingerprint density at radius 3 is 2.08 bits per heavy atom. The van der Waals surface area contributed by atoms with Crippen molar-refractivity contribution in [2.45, 2.75) is 90.9 Å². The summed E-state index contributed by atoms with van der Waals surface area (Å²) in [6, 6.07) is 12.6. The van der Waals surface area contributed by atoms with Gasteiger partial charge in [-0.1, -0.05) is 118 Å². The molecule has 0 spiro atoms. The molecule has 3 aromatic carbocycles. The number of azo groups is 1. The lowest BCUT2D eigenvalue weighted by molar-refractivity contribution is -0.116. The van der Waals surface area contributed by atoms with Crippen LogP contribution in [0.25, 0.3) is 5.69 Å². The maximum Gasteiger partial charge on any atom is 0.301 e. The lowest BCUT2D eigenvalue weighted by Crippen LogP contribution is -2.15. The Hall–Kier alpha value is -3.50. The van der Waals surface area contributed by atoms with Gasteiger partial charge in [-0.25, -0.2) is 4.68 Å². The van der Waals surface area contributed by atoms with E-state index in [0.717, 1.165) is 23.9 Å². The number of phenols is 1. The van der Waals surface area contributed by atoms with E-state index < -0.39 is 5.56 Å². The van der Waals surface area contributed by atoms with Crippen molar-refractivity contribution in [3.05, 3.63) is 84.5 Å². The van der Waals surface area contributed by atoms with Crippen LogP contribution in [0.3, 0.4) is 0 Å². The quantitative estimate of drug-likeness (QED) is 0.0597. The summed E-state index contributed by atoms with van der Waals surface area (Å²) in [4.78, 5) is 26.5. The lowest BCUT2D eigenvalue weighted by atomic mass is 10.1. The second kappa shape index (κ2) is 19.0. The van der Waals surface area contributed by atoms with Gasteiger partial charge in [0.25, 0.3) is 0 Å². The average molecular weight is 749 g/mol. The molecule has 262 valence electrons. The molecule has 0 fully saturated rings. The summed E-state index contributed by atoms with van der Waals surface area (Å²) in [5.41, 5.74) is 1.39. The molecular formula is C36H42Cl4N6O3. The van der Waals surface area contributed by atoms with Gasteiger partial charge < -0.3 is 15.7 Å². The van der Waals surface area contributed by atoms with Crippen molar-refractivity contribution in [1.82, 2.24) is 9.78 Å². The summed E-state index contributed by atoms with van der Waals surface area (Å²) in [7, 11) is 0. The minimum absolute atomic E-state index is 0.0885. The highest BCUT2D eigenvalue weighted by molar-refractivity contribution is 6.40. The highest BCUT2D eigenvalue weighted by atomic mass is 35.5. The van der Waals surface area contributed by atoms with Crippen LogP contribution in [0.1, 0.15) is 89.5 Å². The molecule has 9 nitrogen and oxygen atoms in total. The van der Waals surface area contributed by atoms with Gasteiger partial charge in [-0.3, -0.25) is 14.7 Å². The summed E-state index contributed by atoms with van der Waals surface area (Å²) in [6.07, 6.45) is 13.7. The molecule has 0 aliphatic rings. The van der Waals surface area contributed by atoms with Gasteiger partial charge in [0.1, 0.15) is 11.4 Å². The third kappa shape index (κ3) is 11.3. The van der Waals surface area contributed by atoms with E-state index in [-0.39, 0.29) is 38.9 Å². The zero-order chi connectivity index (χ0) is 35.3. The zero-order valence-electron chi connectivity index (χ0n) is 27.7. The molecule has 13 heteroatoms. The van der Waals surface area contributed by atoms with Crippen molar-refractivity contribution in [2.75, 3.05) is 10.6 Å². The van der Waals surface area contributed by atoms with Crippen molar-refractivity contribution in [1.29, 1.82) is 0 Å². The Morgan fingerprint density at radius 2 is 1.45 bits per heavy atom. The minimum atomic E-state index is -0.611. The van der Waals surface area contributed by atoms with E-state index in [4.69, 9.17) is 46.4 Å². The third-order valence-corrected chi connectivity index (χ3v) is 9.16. The van der Waals surface area contributed by atoms with Crippen LogP contribution < -0.4 is 16.2 Å². The first-order chi connectivity index (χ1) is 23.6. The molecule has 4 N–H and O–H groups in total. The Kier molecular flexibility index (Phi) is 14.9. The summed E-state index contributed by atoms with van der Waals surface area (Å²) in [6.45, 7) is 3.96. The number of anilines is 3. The molecule has 49 heavy (non-hydrogen) atoms. The van der Waals surface area contributed by atoms with E-state index in [0.29, 0.717) is 39.1 Å². The number of unbranched alkanes of at least 4 members (excludes halogenated alkanes) is 10. The standard InChI is InChI=1S/C36H42Cl4N6O3/c1-3-4-5-6-7-8-9-10-11-12-13-14-32(48)41-25-15-17-27(38)30(22-25)42-35-33(44-43-26-16-18-31(47)23(2)19-26)36(49)46(45-35)34-28(39)20-24(37)21-29(34)40/h15-22,42,45,47H,3-14H2,1-2H3,(H,41,48)/b44-43+. The Morgan fingerprint density at radius 1 is 0.816 bits per heavy atom. The number of phenolic OH excluding ortho intramolecular Hbond substituents is 1. The second-order valence-corrected chi connectivity index (χ2v) is 13.7. The number of aromatic hydroxyl groups is 1. The van der Waals surface area contributed by atoms with E-state index in [1.54, 1.807) is 37.3 Å². The first kappa shape index (κ1) is 38.3. The summed E-state index contributed by atoms with van der Waals surface area (Å²) >= 11 is 25.5. The van der Waals surface area contributed by atoms with Crippen LogP contribution in [-0.2, 0) is 4.79 Å². The van der Waals surface area contributed by atoms with Crippen molar-refractivity contribution in [3.63, 3.8) is 0 Å². The molecule has 0 unspecified atom stereocenters. The van der Waals surface area contributed by atoms with Crippen molar-refractivity contribution in [3.8, 4) is 11.4 Å². The molecule has 1 amide bonds. The molecule has 0 atom stereocenters. The molecule has 1 heterocycles. The van der Waals surface area contributed by atoms with Gasteiger partial charge in [-0.2, -0.15) is 5.11 Å². The number of carbonyl (C=O) groups is 1. The fourth-order valence-corrected chi connectivity index (χ4v) is 6.48. The topological polar surface area (TPSA) is 124 Å². The van der Waals surface area contributed by atoms with E-state index in [1.165, 1.54) is 69.6 Å². The Balaban J connectivity index is 1.46. The van der Waals surface area contributed by atoms with Crippen LogP contribution >= 0.6 is 46.4 Å².